The van der Waals surface area contributed by atoms with Gasteiger partial charge in [0.05, 0.1) is 12.5 Å². The van der Waals surface area contributed by atoms with Crippen molar-refractivity contribution in [3.05, 3.63) is 70.9 Å². The van der Waals surface area contributed by atoms with E-state index >= 15 is 4.79 Å². The number of nitrogens with two attached hydrogens (primary N) is 2. The van der Waals surface area contributed by atoms with Crippen LogP contribution in [0.25, 0.3) is 0 Å². The number of hydrogen-bond donors (Lipinski definition) is 5. The number of primary amides is 2. The van der Waals surface area contributed by atoms with E-state index in [1.54, 1.807) is 0 Å². The van der Waals surface area contributed by atoms with E-state index in [9.17, 15) is 43.5 Å². The van der Waals surface area contributed by atoms with Gasteiger partial charge < -0.3 is 64.7 Å². The van der Waals surface area contributed by atoms with Crippen molar-refractivity contribution in [1.82, 2.24) is 20.4 Å². The number of fused-ring (bicyclic) bond motifs is 1. The molecule has 1 fully saturated rings. The number of amides is 6. The largest absolute Gasteiger partial charge is 0.480 e. The Kier molecular flexibility index (Phi) is 15.6. The van der Waals surface area contributed by atoms with Crippen molar-refractivity contribution in [3.8, 4) is 0 Å². The summed E-state index contributed by atoms with van der Waals surface area (Å²) in [6, 6.07) is 2.04. The first-order chi connectivity index (χ1) is 30.5. The number of thioether (sulfide) groups is 2. The molecule has 0 aromatic carbocycles. The van der Waals surface area contributed by atoms with Gasteiger partial charge in [-0.3, -0.25) is 33.8 Å². The molecule has 2 aromatic rings. The number of nitrogens with one attached hydrogen (secondary N) is 2. The van der Waals surface area contributed by atoms with Crippen LogP contribution in [0.4, 0.5) is 9.59 Å². The van der Waals surface area contributed by atoms with Crippen LogP contribution in [-0.2, 0) is 62.2 Å². The summed E-state index contributed by atoms with van der Waals surface area (Å²) in [5, 5.41) is 19.8. The first-order valence-corrected chi connectivity index (χ1v) is 20.3. The average molecular weight is 935 g/mol. The summed E-state index contributed by atoms with van der Waals surface area (Å²) in [5.41, 5.74) is 7.86. The lowest BCUT2D eigenvalue weighted by Crippen LogP contribution is -2.72. The van der Waals surface area contributed by atoms with Crippen molar-refractivity contribution in [1.29, 1.82) is 0 Å². The summed E-state index contributed by atoms with van der Waals surface area (Å²) in [6.45, 7) is 0.615. The minimum atomic E-state index is -2.18. The molecule has 342 valence electrons. The number of carboxylic acid groups (broad SMARTS) is 1. The molecule has 2 unspecified atom stereocenters. The standard InChI is InChI=1S/C36H38N8O18S2/c1-15(45)61-16(2)62-34(52)26-18(12-60-36(38)54)14-64-32(24(33(50)51)40-28(47)22(42-56-4)20-8-6-10-58-20)44(26)30(49)25-17(11-59-35(37)53)13-63-31-23(29(48)43(25)31)39-27(46)21(41-55-3)19-7-5-9-57-19/h5-10,16,23-24,31-32H,11-14H2,1-4H3,(H2,37,53)(H2,38,54)(H,39,46)(H,40,47)(H,50,51)/b41-21-,42-22-/t16?,23-,24?,31-,32-/m1/s1. The van der Waals surface area contributed by atoms with Crippen LogP contribution in [0.2, 0.25) is 0 Å². The zero-order valence-electron chi connectivity index (χ0n) is 33.8. The van der Waals surface area contributed by atoms with E-state index in [2.05, 4.69) is 20.9 Å². The summed E-state index contributed by atoms with van der Waals surface area (Å²) in [5.74, 6) is -9.35. The van der Waals surface area contributed by atoms with Gasteiger partial charge in [0, 0.05) is 36.5 Å². The zero-order valence-corrected chi connectivity index (χ0v) is 35.5. The molecule has 5 atom stereocenters. The number of oxime groups is 2. The fourth-order valence-electron chi connectivity index (χ4n) is 6.21. The van der Waals surface area contributed by atoms with E-state index in [0.717, 1.165) is 37.6 Å². The molecule has 64 heavy (non-hydrogen) atoms. The monoisotopic (exact) mass is 934 g/mol. The number of ether oxygens (including phenoxy) is 4. The number of hydrogen-bond acceptors (Lipinski definition) is 21. The van der Waals surface area contributed by atoms with E-state index in [1.165, 1.54) is 43.9 Å². The van der Waals surface area contributed by atoms with Crippen LogP contribution in [0.5, 0.6) is 0 Å². The highest BCUT2D eigenvalue weighted by Crippen LogP contribution is 2.43. The maximum atomic E-state index is 15.5. The maximum Gasteiger partial charge on any atom is 0.404 e. The van der Waals surface area contributed by atoms with Crippen molar-refractivity contribution in [2.45, 2.75) is 43.0 Å². The summed E-state index contributed by atoms with van der Waals surface area (Å²) in [7, 11) is 2.26. The average Bonchev–Trinajstić information content (AvgIpc) is 3.98. The van der Waals surface area contributed by atoms with Crippen molar-refractivity contribution < 1.29 is 85.7 Å². The fourth-order valence-corrected chi connectivity index (χ4v) is 8.86. The second-order valence-electron chi connectivity index (χ2n) is 12.9. The van der Waals surface area contributed by atoms with Crippen LogP contribution >= 0.6 is 23.5 Å². The fraction of sp³-hybridized carbons (Fsp3) is 0.361. The Hall–Kier alpha value is -7.49. The van der Waals surface area contributed by atoms with Crippen LogP contribution in [-0.4, -0.2) is 148 Å². The summed E-state index contributed by atoms with van der Waals surface area (Å²) < 4.78 is 30.8. The third-order valence-corrected chi connectivity index (χ3v) is 11.4. The number of furan rings is 2. The molecule has 5 rings (SSSR count). The van der Waals surface area contributed by atoms with Gasteiger partial charge in [0.1, 0.15) is 55.6 Å². The van der Waals surface area contributed by atoms with Gasteiger partial charge in [-0.1, -0.05) is 10.3 Å². The lowest BCUT2D eigenvalue weighted by molar-refractivity contribution is -0.182. The van der Waals surface area contributed by atoms with E-state index in [-0.39, 0.29) is 34.1 Å². The number of esters is 2. The number of rotatable bonds is 18. The Morgan fingerprint density at radius 1 is 0.859 bits per heavy atom. The first-order valence-electron chi connectivity index (χ1n) is 18.2. The molecular weight excluding hydrogens is 897 g/mol. The SMILES string of the molecule is CO/N=C(\C(=O)NC(C(=O)O)[C@H]1SCC(COC(N)=O)=C(C(=O)OC(C)OC(C)=O)N1C(=O)C1=C(COC(N)=O)CS[C@@H]2[C@H](NC(=O)/C(=N\OC)c3ccco3)C(=O)N12)c1ccco1. The highest BCUT2D eigenvalue weighted by Gasteiger charge is 2.57. The highest BCUT2D eigenvalue weighted by molar-refractivity contribution is 8.00. The first kappa shape index (κ1) is 47.6. The Balaban J connectivity index is 1.65. The van der Waals surface area contributed by atoms with E-state index < -0.39 is 119 Å². The van der Waals surface area contributed by atoms with Crippen LogP contribution in [0.1, 0.15) is 25.4 Å². The molecule has 0 aliphatic carbocycles. The molecule has 1 saturated heterocycles. The maximum absolute atomic E-state index is 15.5. The molecule has 0 radical (unpaired) electrons. The zero-order chi connectivity index (χ0) is 46.8. The van der Waals surface area contributed by atoms with Crippen LogP contribution in [0.3, 0.4) is 0 Å². The molecule has 6 amide bonds. The smallest absolute Gasteiger partial charge is 0.404 e. The molecule has 7 N–H and O–H groups in total. The van der Waals surface area contributed by atoms with Gasteiger partial charge in [0.25, 0.3) is 23.6 Å². The molecular formula is C36H38N8O18S2. The molecule has 2 aromatic heterocycles. The molecule has 3 aliphatic heterocycles. The third-order valence-electron chi connectivity index (χ3n) is 8.73. The third kappa shape index (κ3) is 10.7. The normalized spacial score (nSPS) is 19.6. The lowest BCUT2D eigenvalue weighted by Gasteiger charge is -2.51. The Bertz CT molecular complexity index is 2310. The van der Waals surface area contributed by atoms with Gasteiger partial charge >= 0.3 is 30.1 Å². The van der Waals surface area contributed by atoms with Crippen molar-refractivity contribution >= 4 is 88.7 Å². The van der Waals surface area contributed by atoms with Crippen LogP contribution in [0, 0.1) is 0 Å². The van der Waals surface area contributed by atoms with Crippen LogP contribution in [0.15, 0.2) is 78.5 Å². The van der Waals surface area contributed by atoms with Gasteiger partial charge in [-0.2, -0.15) is 0 Å². The van der Waals surface area contributed by atoms with E-state index in [4.69, 9.17) is 48.9 Å². The van der Waals surface area contributed by atoms with E-state index in [0.29, 0.717) is 16.7 Å². The Labute approximate surface area is 368 Å². The van der Waals surface area contributed by atoms with Crippen molar-refractivity contribution in [2.24, 2.45) is 21.8 Å². The number of nitrogens with zero attached hydrogens (tertiary/aromatic N) is 4. The second kappa shape index (κ2) is 21.1. The topological polar surface area (TPSA) is 363 Å². The van der Waals surface area contributed by atoms with Gasteiger partial charge in [0.15, 0.2) is 17.6 Å². The predicted octanol–water partition coefficient (Wildman–Crippen LogP) is -0.704. The minimum Gasteiger partial charge on any atom is -0.480 e. The molecule has 0 saturated carbocycles. The number of carbonyl (C=O) groups excluding carboxylic acids is 8. The highest BCUT2D eigenvalue weighted by atomic mass is 32.2. The Morgan fingerprint density at radius 3 is 1.91 bits per heavy atom. The number of aliphatic carboxylic acids is 1. The van der Waals surface area contributed by atoms with Gasteiger partial charge in [-0.05, 0) is 24.3 Å². The summed E-state index contributed by atoms with van der Waals surface area (Å²) in [6.07, 6.45) is -1.81. The molecule has 28 heteroatoms. The molecule has 26 nitrogen and oxygen atoms in total. The predicted molar refractivity (Wildman–Crippen MR) is 215 cm³/mol. The quantitative estimate of drug-likeness (QED) is 0.0308. The van der Waals surface area contributed by atoms with Crippen LogP contribution < -0.4 is 22.1 Å². The number of β-lactam (4-membered cyclic amide) rings is 1. The molecule has 0 bridgehead atoms. The minimum absolute atomic E-state index is 0.0234. The number of carboxylic acids is 1. The van der Waals surface area contributed by atoms with Gasteiger partial charge in [-0.15, -0.1) is 23.5 Å². The summed E-state index contributed by atoms with van der Waals surface area (Å²) in [4.78, 5) is 131. The van der Waals surface area contributed by atoms with E-state index in [1.807, 2.05) is 0 Å². The van der Waals surface area contributed by atoms with Crippen molar-refractivity contribution in [2.75, 3.05) is 38.9 Å². The molecule has 3 aliphatic rings. The molecule has 5 heterocycles. The van der Waals surface area contributed by atoms with Gasteiger partial charge in [-0.25, -0.2) is 19.2 Å². The Morgan fingerprint density at radius 2 is 1.41 bits per heavy atom. The summed E-state index contributed by atoms with van der Waals surface area (Å²) >= 11 is 1.63. The van der Waals surface area contributed by atoms with Crippen molar-refractivity contribution in [3.63, 3.8) is 0 Å². The van der Waals surface area contributed by atoms with Gasteiger partial charge in [0.2, 0.25) is 17.7 Å². The number of carbonyl (C=O) groups is 9. The molecule has 0 spiro atoms. The second-order valence-corrected chi connectivity index (χ2v) is 15.1. The lowest BCUT2D eigenvalue weighted by atomic mass is 10.0.